The first-order chi connectivity index (χ1) is 12.6. The molecule has 4 aromatic rings. The highest BCUT2D eigenvalue weighted by Crippen LogP contribution is 2.32. The number of fused-ring (bicyclic) bond motifs is 3. The molecule has 0 atom stereocenters. The lowest BCUT2D eigenvalue weighted by Gasteiger charge is -2.08. The number of nitriles is 1. The van der Waals surface area contributed by atoms with Crippen molar-refractivity contribution in [2.75, 3.05) is 0 Å². The van der Waals surface area contributed by atoms with Crippen molar-refractivity contribution in [1.29, 1.82) is 5.26 Å². The van der Waals surface area contributed by atoms with Crippen molar-refractivity contribution in [3.8, 4) is 6.07 Å². The second kappa shape index (κ2) is 6.01. The fraction of sp³-hybridized carbons (Fsp3) is 0.0476. The minimum absolute atomic E-state index is 0.341. The summed E-state index contributed by atoms with van der Waals surface area (Å²) in [5, 5.41) is 10.1. The average Bonchev–Trinajstić information content (AvgIpc) is 2.95. The Bertz CT molecular complexity index is 1200. The Kier molecular flexibility index (Phi) is 3.67. The van der Waals surface area contributed by atoms with E-state index in [1.807, 2.05) is 22.8 Å². The maximum Gasteiger partial charge on any atom is 0.249 e. The van der Waals surface area contributed by atoms with Crippen molar-refractivity contribution >= 4 is 27.7 Å². The van der Waals surface area contributed by atoms with Gasteiger partial charge in [-0.15, -0.1) is 0 Å². The summed E-state index contributed by atoms with van der Waals surface area (Å²) in [4.78, 5) is 11.9. The van der Waals surface area contributed by atoms with E-state index in [2.05, 4.69) is 12.1 Å². The molecule has 4 nitrogen and oxygen atoms in total. The van der Waals surface area contributed by atoms with E-state index in [-0.39, 0.29) is 0 Å². The Morgan fingerprint density at radius 1 is 1.12 bits per heavy atom. The van der Waals surface area contributed by atoms with Gasteiger partial charge in [0.1, 0.15) is 5.82 Å². The van der Waals surface area contributed by atoms with Gasteiger partial charge in [-0.25, -0.2) is 4.39 Å². The Morgan fingerprint density at radius 2 is 1.88 bits per heavy atom. The summed E-state index contributed by atoms with van der Waals surface area (Å²) in [7, 11) is 0. The molecule has 0 aliphatic heterocycles. The van der Waals surface area contributed by atoms with Gasteiger partial charge >= 0.3 is 0 Å². The van der Waals surface area contributed by atoms with Crippen LogP contribution < -0.4 is 5.73 Å². The van der Waals surface area contributed by atoms with Crippen LogP contribution in [0, 0.1) is 23.2 Å². The number of rotatable bonds is 3. The summed E-state index contributed by atoms with van der Waals surface area (Å²) >= 11 is 0. The molecule has 2 N–H and O–H groups in total. The lowest BCUT2D eigenvalue weighted by molar-refractivity contribution is 0.100. The van der Waals surface area contributed by atoms with E-state index in [0.29, 0.717) is 28.4 Å². The van der Waals surface area contributed by atoms with Gasteiger partial charge in [0.25, 0.3) is 0 Å². The van der Waals surface area contributed by atoms with Crippen LogP contribution in [0.25, 0.3) is 21.8 Å². The van der Waals surface area contributed by atoms with Crippen molar-refractivity contribution < 1.29 is 9.18 Å². The number of nitrogens with zero attached hydrogens (tertiary/aromatic N) is 2. The van der Waals surface area contributed by atoms with Crippen molar-refractivity contribution in [3.05, 3.63) is 83.2 Å². The van der Waals surface area contributed by atoms with Crippen LogP contribution >= 0.6 is 0 Å². The number of hydrogen-bond acceptors (Lipinski definition) is 2. The van der Waals surface area contributed by atoms with Crippen molar-refractivity contribution in [1.82, 2.24) is 4.57 Å². The smallest absolute Gasteiger partial charge is 0.249 e. The number of carbonyl (C=O) groups is 1. The third-order valence-corrected chi connectivity index (χ3v) is 4.45. The van der Waals surface area contributed by atoms with Crippen LogP contribution in [0.2, 0.25) is 0 Å². The van der Waals surface area contributed by atoms with Crippen molar-refractivity contribution in [2.45, 2.75) is 6.54 Å². The molecule has 0 aliphatic carbocycles. The molecule has 1 radical (unpaired) electrons. The van der Waals surface area contributed by atoms with E-state index in [0.717, 1.165) is 16.6 Å². The van der Waals surface area contributed by atoms with E-state index in [9.17, 15) is 9.18 Å². The molecular formula is C21H13FN3O. The number of halogens is 1. The molecule has 1 amide bonds. The lowest BCUT2D eigenvalue weighted by atomic mass is 10.1. The Hall–Kier alpha value is -3.65. The third-order valence-electron chi connectivity index (χ3n) is 4.45. The van der Waals surface area contributed by atoms with Crippen LogP contribution in [0.5, 0.6) is 0 Å². The second-order valence-electron chi connectivity index (χ2n) is 6.03. The Morgan fingerprint density at radius 3 is 2.58 bits per heavy atom. The predicted octanol–water partition coefficient (Wildman–Crippen LogP) is 3.75. The van der Waals surface area contributed by atoms with Crippen LogP contribution in [-0.4, -0.2) is 10.5 Å². The molecule has 26 heavy (non-hydrogen) atoms. The summed E-state index contributed by atoms with van der Waals surface area (Å²) < 4.78 is 15.8. The van der Waals surface area contributed by atoms with Crippen molar-refractivity contribution in [2.24, 2.45) is 5.73 Å². The van der Waals surface area contributed by atoms with Crippen molar-refractivity contribution in [3.63, 3.8) is 0 Å². The van der Waals surface area contributed by atoms with Gasteiger partial charge in [-0.2, -0.15) is 5.26 Å². The van der Waals surface area contributed by atoms with Crippen LogP contribution in [-0.2, 0) is 6.54 Å². The fourth-order valence-electron chi connectivity index (χ4n) is 3.28. The van der Waals surface area contributed by atoms with Gasteiger partial charge < -0.3 is 10.3 Å². The first-order valence-corrected chi connectivity index (χ1v) is 8.00. The Labute approximate surface area is 148 Å². The van der Waals surface area contributed by atoms with Gasteiger partial charge in [0.2, 0.25) is 5.91 Å². The summed E-state index contributed by atoms with van der Waals surface area (Å²) in [5.74, 6) is -1.06. The van der Waals surface area contributed by atoms with Crippen LogP contribution in [0.1, 0.15) is 21.5 Å². The van der Waals surface area contributed by atoms with E-state index in [1.165, 1.54) is 6.07 Å². The zero-order valence-electron chi connectivity index (χ0n) is 13.7. The molecule has 0 fully saturated rings. The quantitative estimate of drug-likeness (QED) is 0.616. The van der Waals surface area contributed by atoms with Crippen LogP contribution in [0.15, 0.2) is 54.6 Å². The highest BCUT2D eigenvalue weighted by molar-refractivity contribution is 6.17. The molecule has 0 unspecified atom stereocenters. The highest BCUT2D eigenvalue weighted by atomic mass is 19.1. The van der Waals surface area contributed by atoms with E-state index in [4.69, 9.17) is 11.0 Å². The maximum atomic E-state index is 13.8. The molecule has 1 aromatic heterocycles. The van der Waals surface area contributed by atoms with Gasteiger partial charge in [0, 0.05) is 28.9 Å². The molecule has 5 heteroatoms. The minimum Gasteiger partial charge on any atom is -0.366 e. The predicted molar refractivity (Wildman–Crippen MR) is 97.0 cm³/mol. The molecule has 0 aliphatic rings. The zero-order valence-corrected chi connectivity index (χ0v) is 13.7. The first kappa shape index (κ1) is 15.9. The number of nitrogens with two attached hydrogens (primary N) is 1. The number of amides is 1. The second-order valence-corrected chi connectivity index (χ2v) is 6.03. The summed E-state index contributed by atoms with van der Waals surface area (Å²) in [6, 6.07) is 20.4. The maximum absolute atomic E-state index is 13.8. The standard InChI is InChI=1S/C21H13FN3O/c22-15-8-9-18-17(10-15)20-16(21(24)26)2-1-3-19(20)25(18)12-14-6-4-13(11-23)5-7-14/h1-9H,12H2,(H2,24,26). The van der Waals surface area contributed by atoms with Gasteiger partial charge in [0.05, 0.1) is 22.7 Å². The molecule has 125 valence electrons. The summed E-state index contributed by atoms with van der Waals surface area (Å²) in [6.45, 7) is 0.507. The molecule has 1 heterocycles. The zero-order chi connectivity index (χ0) is 18.3. The minimum atomic E-state index is -0.564. The number of primary amides is 1. The van der Waals surface area contributed by atoms with E-state index in [1.54, 1.807) is 30.3 Å². The normalized spacial score (nSPS) is 10.9. The molecule has 4 rings (SSSR count). The molecule has 3 aromatic carbocycles. The molecule has 0 bridgehead atoms. The Balaban J connectivity index is 1.99. The first-order valence-electron chi connectivity index (χ1n) is 8.00. The molecular weight excluding hydrogens is 329 g/mol. The highest BCUT2D eigenvalue weighted by Gasteiger charge is 2.17. The van der Waals surface area contributed by atoms with Gasteiger partial charge in [-0.05, 0) is 42.0 Å². The SMILES string of the molecule is N#Cc1ccc(Cn2c3ccc(F)[c]c3c3c(C(N)=O)cccc32)cc1. The average molecular weight is 342 g/mol. The van der Waals surface area contributed by atoms with Gasteiger partial charge in [0.15, 0.2) is 0 Å². The third kappa shape index (κ3) is 2.49. The summed E-state index contributed by atoms with van der Waals surface area (Å²) in [6.07, 6.45) is 0. The molecule has 0 spiro atoms. The van der Waals surface area contributed by atoms with E-state index < -0.39 is 11.7 Å². The number of benzene rings is 3. The monoisotopic (exact) mass is 342 g/mol. The molecule has 0 saturated heterocycles. The van der Waals surface area contributed by atoms with Crippen LogP contribution in [0.4, 0.5) is 4.39 Å². The van der Waals surface area contributed by atoms with Crippen LogP contribution in [0.3, 0.4) is 0 Å². The summed E-state index contributed by atoms with van der Waals surface area (Å²) in [5.41, 5.74) is 8.97. The molecule has 0 saturated carbocycles. The number of carbonyl (C=O) groups excluding carboxylic acids is 1. The fourth-order valence-corrected chi connectivity index (χ4v) is 3.28. The lowest BCUT2D eigenvalue weighted by Crippen LogP contribution is -2.11. The van der Waals surface area contributed by atoms with Gasteiger partial charge in [-0.1, -0.05) is 18.2 Å². The largest absolute Gasteiger partial charge is 0.366 e. The number of aromatic nitrogens is 1. The van der Waals surface area contributed by atoms with E-state index >= 15 is 0 Å². The van der Waals surface area contributed by atoms with Gasteiger partial charge in [-0.3, -0.25) is 4.79 Å². The number of hydrogen-bond donors (Lipinski definition) is 1. The topological polar surface area (TPSA) is 71.8 Å².